The first-order chi connectivity index (χ1) is 11.4. The minimum absolute atomic E-state index is 0.0768. The number of anilines is 1. The Bertz CT molecular complexity index is 922. The highest BCUT2D eigenvalue weighted by atomic mass is 35.5. The summed E-state index contributed by atoms with van der Waals surface area (Å²) in [7, 11) is 0. The Morgan fingerprint density at radius 1 is 1.25 bits per heavy atom. The molecule has 0 aliphatic rings. The molecule has 2 heterocycles. The van der Waals surface area contributed by atoms with Crippen molar-refractivity contribution in [2.75, 3.05) is 5.32 Å². The molecule has 10 heteroatoms. The van der Waals surface area contributed by atoms with Gasteiger partial charge in [-0.15, -0.1) is 22.7 Å². The highest BCUT2D eigenvalue weighted by Crippen LogP contribution is 2.39. The third-order valence-electron chi connectivity index (χ3n) is 3.00. The Hall–Kier alpha value is -2.00. The van der Waals surface area contributed by atoms with E-state index < -0.39 is 10.8 Å². The average Bonchev–Trinajstić information content (AvgIpc) is 3.13. The number of nitro groups is 1. The smallest absolute Gasteiger partial charge is 0.269 e. The molecule has 0 aliphatic heterocycles. The maximum atomic E-state index is 12.2. The second kappa shape index (κ2) is 6.86. The second-order valence-corrected chi connectivity index (χ2v) is 7.68. The number of carbonyl (C=O) groups is 1. The van der Waals surface area contributed by atoms with Crippen LogP contribution in [0.5, 0.6) is 0 Å². The van der Waals surface area contributed by atoms with E-state index in [1.54, 1.807) is 11.4 Å². The highest BCUT2D eigenvalue weighted by molar-refractivity contribution is 7.20. The van der Waals surface area contributed by atoms with Gasteiger partial charge in [0.2, 0.25) is 0 Å². The van der Waals surface area contributed by atoms with Crippen LogP contribution in [0.2, 0.25) is 8.67 Å². The van der Waals surface area contributed by atoms with E-state index in [0.717, 1.165) is 0 Å². The lowest BCUT2D eigenvalue weighted by molar-refractivity contribution is -0.384. The molecule has 0 spiro atoms. The Morgan fingerprint density at radius 3 is 2.54 bits per heavy atom. The number of benzene rings is 1. The highest BCUT2D eigenvalue weighted by Gasteiger charge is 2.14. The molecule has 6 nitrogen and oxygen atoms in total. The van der Waals surface area contributed by atoms with Crippen LogP contribution in [0.25, 0.3) is 11.3 Å². The lowest BCUT2D eigenvalue weighted by Crippen LogP contribution is -2.11. The van der Waals surface area contributed by atoms with E-state index in [2.05, 4.69) is 10.3 Å². The van der Waals surface area contributed by atoms with Crippen LogP contribution in [0.15, 0.2) is 35.7 Å². The number of hydrogen-bond donors (Lipinski definition) is 1. The molecular formula is C14H7Cl2N3O3S2. The zero-order chi connectivity index (χ0) is 17.3. The van der Waals surface area contributed by atoms with Crippen molar-refractivity contribution in [3.8, 4) is 11.3 Å². The minimum Gasteiger partial charge on any atom is -0.298 e. The maximum absolute atomic E-state index is 12.2. The predicted molar refractivity (Wildman–Crippen MR) is 96.5 cm³/mol. The Balaban J connectivity index is 1.75. The Morgan fingerprint density at radius 2 is 1.96 bits per heavy atom. The molecule has 0 aliphatic carbocycles. The van der Waals surface area contributed by atoms with Gasteiger partial charge in [0.1, 0.15) is 4.34 Å². The van der Waals surface area contributed by atoms with Crippen LogP contribution in [0.4, 0.5) is 10.8 Å². The average molecular weight is 400 g/mol. The number of rotatable bonds is 4. The molecule has 0 atom stereocenters. The summed E-state index contributed by atoms with van der Waals surface area (Å²) in [6.45, 7) is 0. The van der Waals surface area contributed by atoms with E-state index in [4.69, 9.17) is 23.2 Å². The monoisotopic (exact) mass is 399 g/mol. The van der Waals surface area contributed by atoms with Crippen LogP contribution in [-0.4, -0.2) is 15.8 Å². The number of carbonyl (C=O) groups excluding carboxylic acids is 1. The first-order valence-corrected chi connectivity index (χ1v) is 8.86. The number of hydrogen-bond acceptors (Lipinski definition) is 6. The summed E-state index contributed by atoms with van der Waals surface area (Å²) in [4.78, 5) is 26.6. The standard InChI is InChI=1S/C14H7Cl2N3O3S2/c15-11-5-9(12(16)24-11)10-6-23-14(17-10)18-13(20)7-1-3-8(4-2-7)19(21)22/h1-6H,(H,17,18,20). The van der Waals surface area contributed by atoms with E-state index in [0.29, 0.717) is 30.6 Å². The van der Waals surface area contributed by atoms with Crippen LogP contribution in [0.3, 0.4) is 0 Å². The summed E-state index contributed by atoms with van der Waals surface area (Å²) in [5.74, 6) is -0.403. The molecule has 3 aromatic rings. The number of nitrogens with one attached hydrogen (secondary N) is 1. The number of thiazole rings is 1. The molecule has 24 heavy (non-hydrogen) atoms. The maximum Gasteiger partial charge on any atom is 0.269 e. The zero-order valence-corrected chi connectivity index (χ0v) is 14.8. The summed E-state index contributed by atoms with van der Waals surface area (Å²) in [5.41, 5.74) is 1.55. The fourth-order valence-corrected chi connectivity index (χ4v) is 4.06. The van der Waals surface area contributed by atoms with Crippen LogP contribution >= 0.6 is 45.9 Å². The van der Waals surface area contributed by atoms with Gasteiger partial charge in [-0.3, -0.25) is 20.2 Å². The lowest BCUT2D eigenvalue weighted by Gasteiger charge is -2.01. The molecule has 0 saturated heterocycles. The normalized spacial score (nSPS) is 10.6. The fraction of sp³-hybridized carbons (Fsp3) is 0. The molecule has 1 amide bonds. The molecule has 0 unspecified atom stereocenters. The SMILES string of the molecule is O=C(Nc1nc(-c2cc(Cl)sc2Cl)cs1)c1ccc([N+](=O)[O-])cc1. The van der Waals surface area contributed by atoms with Gasteiger partial charge in [0.05, 0.1) is 15.0 Å². The predicted octanol–water partition coefficient (Wildman–Crippen LogP) is 5.34. The topological polar surface area (TPSA) is 85.1 Å². The number of halogens is 2. The van der Waals surface area contributed by atoms with Crippen molar-refractivity contribution >= 4 is 62.6 Å². The van der Waals surface area contributed by atoms with Crippen LogP contribution in [0.1, 0.15) is 10.4 Å². The molecule has 122 valence electrons. The van der Waals surface area contributed by atoms with Crippen molar-refractivity contribution in [2.45, 2.75) is 0 Å². The number of nitro benzene ring substituents is 1. The number of nitrogens with zero attached hydrogens (tertiary/aromatic N) is 2. The molecular weight excluding hydrogens is 393 g/mol. The second-order valence-electron chi connectivity index (χ2n) is 4.53. The van der Waals surface area contributed by atoms with Gasteiger partial charge in [-0.05, 0) is 18.2 Å². The van der Waals surface area contributed by atoms with E-state index >= 15 is 0 Å². The number of amides is 1. The van der Waals surface area contributed by atoms with Crippen LogP contribution in [0, 0.1) is 10.1 Å². The number of non-ortho nitro benzene ring substituents is 1. The Kier molecular flexibility index (Phi) is 4.81. The Labute approximate surface area is 153 Å². The molecule has 2 aromatic heterocycles. The van der Waals surface area contributed by atoms with Crippen molar-refractivity contribution in [3.63, 3.8) is 0 Å². The zero-order valence-electron chi connectivity index (χ0n) is 11.7. The summed E-state index contributed by atoms with van der Waals surface area (Å²) in [6, 6.07) is 7.03. The summed E-state index contributed by atoms with van der Waals surface area (Å²) >= 11 is 14.5. The molecule has 0 fully saturated rings. The van der Waals surface area contributed by atoms with E-state index in [1.807, 2.05) is 0 Å². The summed E-state index contributed by atoms with van der Waals surface area (Å²) in [6.07, 6.45) is 0. The van der Waals surface area contributed by atoms with Gasteiger partial charge in [-0.2, -0.15) is 0 Å². The van der Waals surface area contributed by atoms with Crippen LogP contribution < -0.4 is 5.32 Å². The van der Waals surface area contributed by atoms with Gasteiger partial charge < -0.3 is 0 Å². The van der Waals surface area contributed by atoms with Gasteiger partial charge in [0, 0.05) is 28.6 Å². The van der Waals surface area contributed by atoms with Gasteiger partial charge in [0.25, 0.3) is 11.6 Å². The largest absolute Gasteiger partial charge is 0.298 e. The van der Waals surface area contributed by atoms with Gasteiger partial charge in [0.15, 0.2) is 5.13 Å². The van der Waals surface area contributed by atoms with E-state index in [9.17, 15) is 14.9 Å². The van der Waals surface area contributed by atoms with Gasteiger partial charge >= 0.3 is 0 Å². The fourth-order valence-electron chi connectivity index (χ4n) is 1.87. The molecule has 0 bridgehead atoms. The van der Waals surface area contributed by atoms with Crippen molar-refractivity contribution < 1.29 is 9.72 Å². The first-order valence-electron chi connectivity index (χ1n) is 6.40. The quantitative estimate of drug-likeness (QED) is 0.473. The third-order valence-corrected chi connectivity index (χ3v) is 5.24. The lowest BCUT2D eigenvalue weighted by atomic mass is 10.2. The number of thiophene rings is 1. The van der Waals surface area contributed by atoms with E-state index in [1.165, 1.54) is 46.9 Å². The number of aromatic nitrogens is 1. The molecule has 1 aromatic carbocycles. The van der Waals surface area contributed by atoms with Crippen molar-refractivity contribution in [2.24, 2.45) is 0 Å². The van der Waals surface area contributed by atoms with Gasteiger partial charge in [-0.25, -0.2) is 4.98 Å². The van der Waals surface area contributed by atoms with Crippen LogP contribution in [-0.2, 0) is 0 Å². The molecule has 0 saturated carbocycles. The van der Waals surface area contributed by atoms with Gasteiger partial charge in [-0.1, -0.05) is 23.2 Å². The van der Waals surface area contributed by atoms with E-state index in [-0.39, 0.29) is 5.69 Å². The molecule has 3 rings (SSSR count). The van der Waals surface area contributed by atoms with Crippen molar-refractivity contribution in [3.05, 3.63) is 60.1 Å². The van der Waals surface area contributed by atoms with Crippen molar-refractivity contribution in [1.82, 2.24) is 4.98 Å². The summed E-state index contributed by atoms with van der Waals surface area (Å²) < 4.78 is 1.08. The van der Waals surface area contributed by atoms with Crippen molar-refractivity contribution in [1.29, 1.82) is 0 Å². The first kappa shape index (κ1) is 16.8. The summed E-state index contributed by atoms with van der Waals surface area (Å²) in [5, 5.41) is 15.4. The minimum atomic E-state index is -0.523. The third kappa shape index (κ3) is 3.57. The molecule has 1 N–H and O–H groups in total. The molecule has 0 radical (unpaired) electrons.